The molecule has 5 nitrogen and oxygen atoms in total. The van der Waals surface area contributed by atoms with Gasteiger partial charge in [-0.05, 0) is 79.9 Å². The average Bonchev–Trinajstić information content (AvgIpc) is 3.11. The summed E-state index contributed by atoms with van der Waals surface area (Å²) < 4.78 is 2.28. The van der Waals surface area contributed by atoms with E-state index in [0.717, 1.165) is 30.1 Å². The van der Waals surface area contributed by atoms with Crippen LogP contribution in [0.5, 0.6) is 0 Å². The third kappa shape index (κ3) is 3.42. The summed E-state index contributed by atoms with van der Waals surface area (Å²) in [5, 5.41) is 4.43. The number of nitrogens with zero attached hydrogens (tertiary/aromatic N) is 3. The number of hydrogen-bond donors (Lipinski definition) is 1. The van der Waals surface area contributed by atoms with Crippen molar-refractivity contribution in [3.8, 4) is 5.69 Å². The molecule has 7 rings (SSSR count). The predicted molar refractivity (Wildman–Crippen MR) is 141 cm³/mol. The molecule has 35 heavy (non-hydrogen) atoms. The highest BCUT2D eigenvalue weighted by atomic mass is 35.5. The van der Waals surface area contributed by atoms with Gasteiger partial charge in [0, 0.05) is 19.6 Å². The summed E-state index contributed by atoms with van der Waals surface area (Å²) in [4.78, 5) is 20.6. The Morgan fingerprint density at radius 2 is 1.86 bits per heavy atom. The SMILES string of the molecule is O=c1nc2n(c3cccc(Cl)c13)-c1cc(C3CCN(CC4CNC4)CC3)ccc1C21CCCCC1. The van der Waals surface area contributed by atoms with Gasteiger partial charge in [0.15, 0.2) is 0 Å². The van der Waals surface area contributed by atoms with Crippen molar-refractivity contribution in [2.75, 3.05) is 32.7 Å². The summed E-state index contributed by atoms with van der Waals surface area (Å²) in [5.74, 6) is 2.36. The number of nitrogens with one attached hydrogen (secondary N) is 1. The van der Waals surface area contributed by atoms with E-state index in [0.29, 0.717) is 16.3 Å². The van der Waals surface area contributed by atoms with Gasteiger partial charge in [-0.15, -0.1) is 0 Å². The number of halogens is 1. The number of rotatable bonds is 3. The molecule has 0 atom stereocenters. The lowest BCUT2D eigenvalue weighted by molar-refractivity contribution is 0.158. The summed E-state index contributed by atoms with van der Waals surface area (Å²) in [6.07, 6.45) is 8.17. The molecular weight excluding hydrogens is 456 g/mol. The summed E-state index contributed by atoms with van der Waals surface area (Å²) in [6, 6.07) is 13.0. The molecule has 2 saturated heterocycles. The molecule has 1 spiro atoms. The van der Waals surface area contributed by atoms with E-state index in [-0.39, 0.29) is 11.0 Å². The van der Waals surface area contributed by atoms with Crippen molar-refractivity contribution in [1.29, 1.82) is 0 Å². The number of aromatic nitrogens is 2. The van der Waals surface area contributed by atoms with Gasteiger partial charge in [-0.1, -0.05) is 49.1 Å². The van der Waals surface area contributed by atoms with Gasteiger partial charge in [0.05, 0.1) is 27.0 Å². The lowest BCUT2D eigenvalue weighted by Gasteiger charge is -2.37. The second kappa shape index (κ2) is 8.43. The average molecular weight is 489 g/mol. The van der Waals surface area contributed by atoms with Crippen LogP contribution in [0.2, 0.25) is 5.02 Å². The van der Waals surface area contributed by atoms with E-state index in [9.17, 15) is 4.79 Å². The van der Waals surface area contributed by atoms with E-state index in [1.54, 1.807) is 6.07 Å². The lowest BCUT2D eigenvalue weighted by atomic mass is 9.69. The van der Waals surface area contributed by atoms with Crippen molar-refractivity contribution in [3.63, 3.8) is 0 Å². The largest absolute Gasteiger partial charge is 0.316 e. The van der Waals surface area contributed by atoms with Crippen LogP contribution in [0.25, 0.3) is 16.6 Å². The van der Waals surface area contributed by atoms with Crippen molar-refractivity contribution in [1.82, 2.24) is 19.8 Å². The minimum absolute atomic E-state index is 0.151. The van der Waals surface area contributed by atoms with E-state index >= 15 is 0 Å². The molecule has 1 aromatic heterocycles. The topological polar surface area (TPSA) is 50.2 Å². The van der Waals surface area contributed by atoms with Gasteiger partial charge in [0.1, 0.15) is 5.82 Å². The van der Waals surface area contributed by atoms with Gasteiger partial charge in [0.2, 0.25) is 0 Å². The molecule has 182 valence electrons. The monoisotopic (exact) mass is 488 g/mol. The fraction of sp³-hybridized carbons (Fsp3) is 0.517. The Labute approximate surface area is 211 Å². The Balaban J connectivity index is 1.31. The van der Waals surface area contributed by atoms with Crippen LogP contribution in [-0.2, 0) is 5.41 Å². The second-order valence-corrected chi connectivity index (χ2v) is 11.6. The van der Waals surface area contributed by atoms with Crippen LogP contribution in [-0.4, -0.2) is 47.2 Å². The molecule has 1 aliphatic carbocycles. The predicted octanol–water partition coefficient (Wildman–Crippen LogP) is 5.00. The Hall–Kier alpha value is -2.21. The van der Waals surface area contributed by atoms with Gasteiger partial charge < -0.3 is 10.2 Å². The molecular formula is C29H33ClN4O. The molecule has 6 heteroatoms. The molecule has 2 aromatic carbocycles. The van der Waals surface area contributed by atoms with E-state index in [1.165, 1.54) is 81.6 Å². The number of likely N-dealkylation sites (tertiary alicyclic amines) is 1. The van der Waals surface area contributed by atoms with E-state index < -0.39 is 0 Å². The first-order chi connectivity index (χ1) is 17.1. The first-order valence-corrected chi connectivity index (χ1v) is 13.8. The van der Waals surface area contributed by atoms with Crippen LogP contribution in [0.15, 0.2) is 41.2 Å². The zero-order valence-corrected chi connectivity index (χ0v) is 21.0. The number of fused-ring (bicyclic) bond motifs is 7. The van der Waals surface area contributed by atoms with Crippen LogP contribution in [0, 0.1) is 5.92 Å². The standard InChI is InChI=1S/C29H33ClN4O/c30-23-5-4-6-24-26(23)27(35)32-28-29(11-2-1-3-12-29)22-8-7-21(15-25(22)34(24)28)20-9-13-33(14-10-20)18-19-16-31-17-19/h4-8,15,19-20,31H,1-3,9-14,16-18H2. The summed E-state index contributed by atoms with van der Waals surface area (Å²) in [7, 11) is 0. The zero-order chi connectivity index (χ0) is 23.6. The minimum Gasteiger partial charge on any atom is -0.316 e. The smallest absolute Gasteiger partial charge is 0.282 e. The Morgan fingerprint density at radius 3 is 2.60 bits per heavy atom. The van der Waals surface area contributed by atoms with E-state index in [2.05, 4.69) is 33.0 Å². The van der Waals surface area contributed by atoms with Gasteiger partial charge in [0.25, 0.3) is 5.56 Å². The van der Waals surface area contributed by atoms with Crippen molar-refractivity contribution in [2.24, 2.45) is 5.92 Å². The highest BCUT2D eigenvalue weighted by molar-refractivity contribution is 6.35. The van der Waals surface area contributed by atoms with Crippen molar-refractivity contribution in [3.05, 3.63) is 68.7 Å². The molecule has 1 saturated carbocycles. The van der Waals surface area contributed by atoms with Crippen molar-refractivity contribution >= 4 is 22.5 Å². The van der Waals surface area contributed by atoms with Gasteiger partial charge in [-0.2, -0.15) is 4.98 Å². The summed E-state index contributed by atoms with van der Waals surface area (Å²) in [5.41, 5.74) is 4.57. The van der Waals surface area contributed by atoms with Crippen LogP contribution in [0.3, 0.4) is 0 Å². The Morgan fingerprint density at radius 1 is 1.06 bits per heavy atom. The van der Waals surface area contributed by atoms with Gasteiger partial charge in [-0.3, -0.25) is 9.36 Å². The summed E-state index contributed by atoms with van der Waals surface area (Å²) >= 11 is 6.52. The molecule has 4 aliphatic rings. The number of benzene rings is 2. The molecule has 1 N–H and O–H groups in total. The highest BCUT2D eigenvalue weighted by Gasteiger charge is 2.46. The third-order valence-corrected chi connectivity index (χ3v) is 9.54. The van der Waals surface area contributed by atoms with Crippen LogP contribution in [0.1, 0.15) is 67.8 Å². The van der Waals surface area contributed by atoms with E-state index in [1.807, 2.05) is 12.1 Å². The zero-order valence-electron chi connectivity index (χ0n) is 20.2. The first-order valence-electron chi connectivity index (χ1n) is 13.4. The molecule has 3 aromatic rings. The van der Waals surface area contributed by atoms with Gasteiger partial charge in [-0.25, -0.2) is 0 Å². The van der Waals surface area contributed by atoms with E-state index in [4.69, 9.17) is 16.6 Å². The fourth-order valence-electron chi connectivity index (χ4n) is 7.24. The molecule has 0 amide bonds. The molecule has 0 unspecified atom stereocenters. The van der Waals surface area contributed by atoms with Gasteiger partial charge >= 0.3 is 0 Å². The molecule has 0 bridgehead atoms. The third-order valence-electron chi connectivity index (χ3n) is 9.22. The second-order valence-electron chi connectivity index (χ2n) is 11.2. The minimum atomic E-state index is -0.191. The molecule has 3 fully saturated rings. The highest BCUT2D eigenvalue weighted by Crippen LogP contribution is 2.52. The Kier molecular flexibility index (Phi) is 5.30. The maximum Gasteiger partial charge on any atom is 0.282 e. The Bertz CT molecular complexity index is 1350. The maximum absolute atomic E-state index is 13.2. The molecule has 4 heterocycles. The van der Waals surface area contributed by atoms with Crippen LogP contribution in [0.4, 0.5) is 0 Å². The first kappa shape index (κ1) is 22.0. The van der Waals surface area contributed by atoms with Crippen LogP contribution < -0.4 is 10.9 Å². The summed E-state index contributed by atoms with van der Waals surface area (Å²) in [6.45, 7) is 5.98. The van der Waals surface area contributed by atoms with Crippen molar-refractivity contribution in [2.45, 2.75) is 56.3 Å². The quantitative estimate of drug-likeness (QED) is 0.563. The fourth-order valence-corrected chi connectivity index (χ4v) is 7.49. The molecule has 3 aliphatic heterocycles. The van der Waals surface area contributed by atoms with Crippen LogP contribution >= 0.6 is 11.6 Å². The maximum atomic E-state index is 13.2. The normalized spacial score (nSPS) is 22.3. The number of hydrogen-bond acceptors (Lipinski definition) is 4. The molecule has 0 radical (unpaired) electrons. The van der Waals surface area contributed by atoms with Crippen molar-refractivity contribution < 1.29 is 0 Å². The lowest BCUT2D eigenvalue weighted by Crippen LogP contribution is -2.49. The number of piperidine rings is 1.